The normalized spacial score (nSPS) is 14.2. The summed E-state index contributed by atoms with van der Waals surface area (Å²) in [7, 11) is 0. The molecule has 3 heterocycles. The lowest BCUT2D eigenvalue weighted by Crippen LogP contribution is -2.35. The predicted molar refractivity (Wildman–Crippen MR) is 115 cm³/mol. The van der Waals surface area contributed by atoms with E-state index >= 15 is 0 Å². The molecule has 2 aromatic heterocycles. The number of ether oxygens (including phenoxy) is 2. The van der Waals surface area contributed by atoms with Crippen LogP contribution in [-0.4, -0.2) is 56.5 Å². The molecule has 32 heavy (non-hydrogen) atoms. The van der Waals surface area contributed by atoms with E-state index in [4.69, 9.17) is 9.47 Å². The van der Waals surface area contributed by atoms with Gasteiger partial charge in [0.05, 0.1) is 18.5 Å². The number of benzene rings is 1. The van der Waals surface area contributed by atoms with Gasteiger partial charge in [0.1, 0.15) is 5.56 Å². The van der Waals surface area contributed by atoms with Gasteiger partial charge >= 0.3 is 5.97 Å². The van der Waals surface area contributed by atoms with E-state index in [0.717, 1.165) is 12.8 Å². The van der Waals surface area contributed by atoms with E-state index in [2.05, 4.69) is 15.3 Å². The van der Waals surface area contributed by atoms with Crippen LogP contribution in [0.4, 0.5) is 0 Å². The second kappa shape index (κ2) is 9.59. The molecule has 1 fully saturated rings. The van der Waals surface area contributed by atoms with E-state index in [1.807, 2.05) is 25.1 Å². The van der Waals surface area contributed by atoms with Crippen molar-refractivity contribution in [3.05, 3.63) is 65.5 Å². The van der Waals surface area contributed by atoms with Gasteiger partial charge in [0, 0.05) is 24.7 Å². The number of esters is 1. The van der Waals surface area contributed by atoms with Gasteiger partial charge in [-0.1, -0.05) is 30.3 Å². The van der Waals surface area contributed by atoms with Crippen LogP contribution in [0.3, 0.4) is 0 Å². The smallest absolute Gasteiger partial charge is 0.342 e. The van der Waals surface area contributed by atoms with Crippen molar-refractivity contribution >= 4 is 11.9 Å². The van der Waals surface area contributed by atoms with E-state index in [0.29, 0.717) is 42.7 Å². The second-order valence-corrected chi connectivity index (χ2v) is 7.45. The standard InChI is InChI=1S/C23H25N5O4/c1-3-31-20-12-11-19(25-26-20)28-16(2)18(15-24-28)23(30)32-21(17-9-5-4-6-10-17)22(29)27-13-7-8-14-27/h4-6,9-12,15,21H,3,7-8,13-14H2,1-2H3/t21-/m1/s1. The summed E-state index contributed by atoms with van der Waals surface area (Å²) in [6.07, 6.45) is 2.32. The van der Waals surface area contributed by atoms with Crippen molar-refractivity contribution in [1.29, 1.82) is 0 Å². The predicted octanol–water partition coefficient (Wildman–Crippen LogP) is 2.89. The van der Waals surface area contributed by atoms with Crippen LogP contribution < -0.4 is 4.74 Å². The lowest BCUT2D eigenvalue weighted by molar-refractivity contribution is -0.140. The van der Waals surface area contributed by atoms with Crippen LogP contribution in [0.15, 0.2) is 48.7 Å². The minimum absolute atomic E-state index is 0.204. The van der Waals surface area contributed by atoms with Gasteiger partial charge in [-0.2, -0.15) is 5.10 Å². The Kier molecular flexibility index (Phi) is 6.44. The average molecular weight is 435 g/mol. The monoisotopic (exact) mass is 435 g/mol. The molecule has 0 aliphatic carbocycles. The highest BCUT2D eigenvalue weighted by atomic mass is 16.5. The number of carbonyl (C=O) groups excluding carboxylic acids is 2. The fourth-order valence-corrected chi connectivity index (χ4v) is 3.65. The quantitative estimate of drug-likeness (QED) is 0.526. The van der Waals surface area contributed by atoms with E-state index in [-0.39, 0.29) is 11.5 Å². The van der Waals surface area contributed by atoms with Crippen molar-refractivity contribution < 1.29 is 19.1 Å². The molecule has 0 unspecified atom stereocenters. The number of amides is 1. The van der Waals surface area contributed by atoms with Crippen LogP contribution in [0.2, 0.25) is 0 Å². The van der Waals surface area contributed by atoms with Crippen molar-refractivity contribution in [1.82, 2.24) is 24.9 Å². The molecule has 1 saturated heterocycles. The number of rotatable bonds is 7. The molecule has 9 heteroatoms. The zero-order valence-electron chi connectivity index (χ0n) is 18.1. The number of carbonyl (C=O) groups is 2. The van der Waals surface area contributed by atoms with Crippen molar-refractivity contribution in [3.8, 4) is 11.7 Å². The van der Waals surface area contributed by atoms with Crippen molar-refractivity contribution in [2.24, 2.45) is 0 Å². The maximum absolute atomic E-state index is 13.1. The first-order chi connectivity index (χ1) is 15.6. The molecule has 0 bridgehead atoms. The third kappa shape index (κ3) is 4.46. The lowest BCUT2D eigenvalue weighted by atomic mass is 10.1. The fraction of sp³-hybridized carbons (Fsp3) is 0.348. The molecule has 3 aromatic rings. The molecule has 9 nitrogen and oxygen atoms in total. The first-order valence-electron chi connectivity index (χ1n) is 10.6. The molecule has 0 spiro atoms. The number of aromatic nitrogens is 4. The van der Waals surface area contributed by atoms with E-state index < -0.39 is 12.1 Å². The van der Waals surface area contributed by atoms with Crippen LogP contribution in [0.5, 0.6) is 5.88 Å². The summed E-state index contributed by atoms with van der Waals surface area (Å²) in [6.45, 7) is 5.44. The van der Waals surface area contributed by atoms with Crippen LogP contribution in [-0.2, 0) is 9.53 Å². The zero-order valence-corrected chi connectivity index (χ0v) is 18.1. The Morgan fingerprint density at radius 2 is 1.81 bits per heavy atom. The fourth-order valence-electron chi connectivity index (χ4n) is 3.65. The molecule has 1 atom stereocenters. The Hall–Kier alpha value is -3.75. The van der Waals surface area contributed by atoms with Gasteiger partial charge < -0.3 is 14.4 Å². The minimum atomic E-state index is -1.00. The van der Waals surface area contributed by atoms with E-state index in [9.17, 15) is 9.59 Å². The van der Waals surface area contributed by atoms with Gasteiger partial charge in [0.2, 0.25) is 12.0 Å². The lowest BCUT2D eigenvalue weighted by Gasteiger charge is -2.23. The van der Waals surface area contributed by atoms with Gasteiger partial charge in [0.15, 0.2) is 5.82 Å². The molecule has 1 aliphatic rings. The number of hydrogen-bond donors (Lipinski definition) is 0. The first-order valence-corrected chi connectivity index (χ1v) is 10.6. The summed E-state index contributed by atoms with van der Waals surface area (Å²) in [5, 5.41) is 12.4. The van der Waals surface area contributed by atoms with Crippen LogP contribution in [0.25, 0.3) is 5.82 Å². The summed E-state index contributed by atoms with van der Waals surface area (Å²) >= 11 is 0. The van der Waals surface area contributed by atoms with Crippen molar-refractivity contribution in [2.75, 3.05) is 19.7 Å². The Labute approximate surface area is 186 Å². The van der Waals surface area contributed by atoms with Crippen LogP contribution in [0.1, 0.15) is 47.5 Å². The Bertz CT molecular complexity index is 1080. The number of likely N-dealkylation sites (tertiary alicyclic amines) is 1. The van der Waals surface area contributed by atoms with Crippen molar-refractivity contribution in [3.63, 3.8) is 0 Å². The second-order valence-electron chi connectivity index (χ2n) is 7.45. The van der Waals surface area contributed by atoms with E-state index in [1.165, 1.54) is 10.9 Å². The average Bonchev–Trinajstić information content (AvgIpc) is 3.49. The SMILES string of the molecule is CCOc1ccc(-n2ncc(C(=O)O[C@@H](C(=O)N3CCCC3)c3ccccc3)c2C)nn1. The summed E-state index contributed by atoms with van der Waals surface area (Å²) in [4.78, 5) is 27.9. The Balaban J connectivity index is 1.56. The highest BCUT2D eigenvalue weighted by Crippen LogP contribution is 2.25. The third-order valence-electron chi connectivity index (χ3n) is 5.33. The molecular formula is C23H25N5O4. The topological polar surface area (TPSA) is 99.4 Å². The molecule has 1 aromatic carbocycles. The molecule has 0 radical (unpaired) electrons. The minimum Gasteiger partial charge on any atom is -0.477 e. The molecule has 4 rings (SSSR count). The highest BCUT2D eigenvalue weighted by molar-refractivity contribution is 5.93. The zero-order chi connectivity index (χ0) is 22.5. The summed E-state index contributed by atoms with van der Waals surface area (Å²) in [5.41, 5.74) is 1.44. The van der Waals surface area contributed by atoms with Crippen LogP contribution in [0, 0.1) is 6.92 Å². The van der Waals surface area contributed by atoms with Crippen LogP contribution >= 0.6 is 0 Å². The molecule has 0 N–H and O–H groups in total. The maximum atomic E-state index is 13.1. The van der Waals surface area contributed by atoms with E-state index in [1.54, 1.807) is 36.1 Å². The summed E-state index contributed by atoms with van der Waals surface area (Å²) < 4.78 is 12.5. The molecule has 1 amide bonds. The van der Waals surface area contributed by atoms with Gasteiger partial charge in [0.25, 0.3) is 5.91 Å². The third-order valence-corrected chi connectivity index (χ3v) is 5.33. The molecule has 166 valence electrons. The molecule has 1 aliphatic heterocycles. The van der Waals surface area contributed by atoms with Gasteiger partial charge in [-0.25, -0.2) is 9.48 Å². The first kappa shape index (κ1) is 21.5. The van der Waals surface area contributed by atoms with Gasteiger partial charge in [-0.3, -0.25) is 4.79 Å². The largest absolute Gasteiger partial charge is 0.477 e. The maximum Gasteiger partial charge on any atom is 0.342 e. The number of nitrogens with zero attached hydrogens (tertiary/aromatic N) is 5. The molecule has 0 saturated carbocycles. The van der Waals surface area contributed by atoms with Crippen molar-refractivity contribution in [2.45, 2.75) is 32.8 Å². The summed E-state index contributed by atoms with van der Waals surface area (Å²) in [5.74, 6) is 0.0306. The highest BCUT2D eigenvalue weighted by Gasteiger charge is 2.32. The Morgan fingerprint density at radius 1 is 1.06 bits per heavy atom. The number of hydrogen-bond acceptors (Lipinski definition) is 7. The summed E-state index contributed by atoms with van der Waals surface area (Å²) in [6, 6.07) is 12.5. The Morgan fingerprint density at radius 3 is 2.47 bits per heavy atom. The van der Waals surface area contributed by atoms with Gasteiger partial charge in [-0.05, 0) is 32.8 Å². The molecular weight excluding hydrogens is 410 g/mol. The van der Waals surface area contributed by atoms with Gasteiger partial charge in [-0.15, -0.1) is 10.2 Å².